The second kappa shape index (κ2) is 5.43. The van der Waals surface area contributed by atoms with Gasteiger partial charge in [0.25, 0.3) is 0 Å². The molecule has 0 radical (unpaired) electrons. The van der Waals surface area contributed by atoms with Crippen molar-refractivity contribution < 1.29 is 4.18 Å². The highest BCUT2D eigenvalue weighted by molar-refractivity contribution is 14.2. The van der Waals surface area contributed by atoms with Crippen molar-refractivity contribution in [3.63, 3.8) is 0 Å². The lowest BCUT2D eigenvalue weighted by Crippen LogP contribution is -2.29. The maximum absolute atomic E-state index is 9.47. The van der Waals surface area contributed by atoms with Crippen LogP contribution in [0.5, 0.6) is 0 Å². The minimum Gasteiger partial charge on any atom is -0.295 e. The molecule has 1 aliphatic rings. The van der Waals surface area contributed by atoms with E-state index in [0.29, 0.717) is 0 Å². The lowest BCUT2D eigenvalue weighted by atomic mass is 9.84. The van der Waals surface area contributed by atoms with Gasteiger partial charge in [-0.2, -0.15) is 5.26 Å². The fourth-order valence-corrected chi connectivity index (χ4v) is 4.00. The summed E-state index contributed by atoms with van der Waals surface area (Å²) in [7, 11) is 1.23. The van der Waals surface area contributed by atoms with E-state index in [-0.39, 0.29) is 0 Å². The molecule has 0 spiro atoms. The molecule has 2 rings (SSSR count). The van der Waals surface area contributed by atoms with Crippen LogP contribution in [-0.4, -0.2) is 3.97 Å². The molecule has 1 atom stereocenters. The van der Waals surface area contributed by atoms with Crippen molar-refractivity contribution in [1.29, 1.82) is 5.26 Å². The highest BCUT2D eigenvalue weighted by Gasteiger charge is 2.41. The maximum atomic E-state index is 9.47. The third-order valence-corrected chi connectivity index (χ3v) is 4.63. The van der Waals surface area contributed by atoms with Crippen molar-refractivity contribution in [1.82, 2.24) is 3.97 Å². The predicted octanol–water partition coefficient (Wildman–Crippen LogP) is 3.81. The van der Waals surface area contributed by atoms with Crippen LogP contribution in [0.4, 0.5) is 0 Å². The Labute approximate surface area is 123 Å². The van der Waals surface area contributed by atoms with Crippen LogP contribution in [0.1, 0.15) is 36.7 Å². The number of aryl methyl sites for hydroxylation is 1. The molecule has 0 amide bonds. The zero-order valence-corrected chi connectivity index (χ0v) is 13.3. The van der Waals surface area contributed by atoms with E-state index in [0.717, 1.165) is 42.6 Å². The first kappa shape index (κ1) is 13.6. The Bertz CT molecular complexity index is 469. The lowest BCUT2D eigenvalue weighted by molar-refractivity contribution is 0.140. The summed E-state index contributed by atoms with van der Waals surface area (Å²) in [6, 6.07) is 4.41. The predicted molar refractivity (Wildman–Crippen MR) is 81.1 cm³/mol. The zero-order chi connectivity index (χ0) is 12.5. The number of hydrogen-bond donors (Lipinski definition) is 1. The van der Waals surface area contributed by atoms with Crippen molar-refractivity contribution >= 4 is 43.2 Å². The highest BCUT2D eigenvalue weighted by Crippen LogP contribution is 2.43. The smallest absolute Gasteiger partial charge is 0.196 e. The Hall–Kier alpha value is 0.160. The first-order chi connectivity index (χ1) is 8.18. The van der Waals surface area contributed by atoms with Gasteiger partial charge in [-0.25, -0.2) is 0 Å². The van der Waals surface area contributed by atoms with Crippen molar-refractivity contribution in [2.24, 2.45) is 0 Å². The number of rotatable bonds is 3. The SMILES string of the molecule is CCc1cc2c(n1S)CCCC2(C#N)OSI. The van der Waals surface area contributed by atoms with Gasteiger partial charge < -0.3 is 0 Å². The van der Waals surface area contributed by atoms with Crippen molar-refractivity contribution in [3.8, 4) is 6.07 Å². The van der Waals surface area contributed by atoms with Crippen LogP contribution in [0, 0.1) is 11.3 Å². The summed E-state index contributed by atoms with van der Waals surface area (Å²) in [5, 5.41) is 9.47. The molecule has 6 heteroatoms. The largest absolute Gasteiger partial charge is 0.295 e. The van der Waals surface area contributed by atoms with Gasteiger partial charge in [0.1, 0.15) is 6.07 Å². The van der Waals surface area contributed by atoms with E-state index in [1.807, 2.05) is 3.97 Å². The number of hydrogen-bond acceptors (Lipinski definition) is 4. The maximum Gasteiger partial charge on any atom is 0.196 e. The second-order valence-electron chi connectivity index (χ2n) is 4.10. The van der Waals surface area contributed by atoms with Crippen LogP contribution >= 0.6 is 43.2 Å². The molecule has 1 heterocycles. The van der Waals surface area contributed by atoms with Gasteiger partial charge in [0.05, 0.1) is 9.21 Å². The Morgan fingerprint density at radius 1 is 1.76 bits per heavy atom. The first-order valence-electron chi connectivity index (χ1n) is 5.49. The van der Waals surface area contributed by atoms with E-state index < -0.39 is 5.60 Å². The number of thiol groups is 1. The summed E-state index contributed by atoms with van der Waals surface area (Å²) in [5.41, 5.74) is 2.48. The summed E-state index contributed by atoms with van der Waals surface area (Å²) < 4.78 is 7.57. The van der Waals surface area contributed by atoms with E-state index in [1.54, 1.807) is 0 Å². The number of halogens is 1. The second-order valence-corrected chi connectivity index (χ2v) is 5.87. The molecule has 0 aliphatic heterocycles. The van der Waals surface area contributed by atoms with E-state index in [9.17, 15) is 5.26 Å². The Balaban J connectivity index is 2.54. The molecule has 0 bridgehead atoms. The van der Waals surface area contributed by atoms with Gasteiger partial charge in [0.2, 0.25) is 0 Å². The Morgan fingerprint density at radius 2 is 2.53 bits per heavy atom. The monoisotopic (exact) mass is 380 g/mol. The molecule has 0 N–H and O–H groups in total. The molecule has 1 aliphatic carbocycles. The molecule has 17 heavy (non-hydrogen) atoms. The molecular weight excluding hydrogens is 367 g/mol. The highest BCUT2D eigenvalue weighted by atomic mass is 127. The fourth-order valence-electron chi connectivity index (χ4n) is 2.36. The minimum atomic E-state index is -0.794. The van der Waals surface area contributed by atoms with Gasteiger partial charge in [0, 0.05) is 38.2 Å². The molecule has 1 aromatic heterocycles. The fraction of sp³-hybridized carbons (Fsp3) is 0.545. The van der Waals surface area contributed by atoms with Crippen molar-refractivity contribution in [2.75, 3.05) is 0 Å². The molecule has 0 saturated heterocycles. The van der Waals surface area contributed by atoms with Gasteiger partial charge >= 0.3 is 0 Å². The molecule has 0 aromatic carbocycles. The third kappa shape index (κ3) is 2.23. The van der Waals surface area contributed by atoms with Crippen LogP contribution in [-0.2, 0) is 22.6 Å². The Morgan fingerprint density at radius 3 is 3.12 bits per heavy atom. The average Bonchev–Trinajstić information content (AvgIpc) is 2.68. The van der Waals surface area contributed by atoms with Crippen LogP contribution in [0.3, 0.4) is 0 Å². The molecule has 92 valence electrons. The summed E-state index contributed by atoms with van der Waals surface area (Å²) in [6.07, 6.45) is 3.60. The summed E-state index contributed by atoms with van der Waals surface area (Å²) >= 11 is 6.57. The lowest BCUT2D eigenvalue weighted by Gasteiger charge is -2.29. The molecule has 0 saturated carbocycles. The van der Waals surface area contributed by atoms with Crippen molar-refractivity contribution in [3.05, 3.63) is 23.0 Å². The van der Waals surface area contributed by atoms with E-state index >= 15 is 0 Å². The zero-order valence-electron chi connectivity index (χ0n) is 9.44. The molecule has 0 fully saturated rings. The number of aromatic nitrogens is 1. The van der Waals surface area contributed by atoms with Crippen LogP contribution in [0.15, 0.2) is 6.07 Å². The van der Waals surface area contributed by atoms with Crippen LogP contribution in [0.25, 0.3) is 0 Å². The molecular formula is C11H13IN2OS2. The summed E-state index contributed by atoms with van der Waals surface area (Å²) in [4.78, 5) is 0. The van der Waals surface area contributed by atoms with Gasteiger partial charge in [-0.05, 0) is 31.7 Å². The molecule has 1 unspecified atom stereocenters. The van der Waals surface area contributed by atoms with E-state index in [1.165, 1.54) is 9.21 Å². The van der Waals surface area contributed by atoms with Crippen LogP contribution in [0.2, 0.25) is 0 Å². The normalized spacial score (nSPS) is 23.2. The number of fused-ring (bicyclic) bond motifs is 1. The molecule has 3 nitrogen and oxygen atoms in total. The Kier molecular flexibility index (Phi) is 4.34. The van der Waals surface area contributed by atoms with Gasteiger partial charge in [0.15, 0.2) is 5.60 Å². The number of nitriles is 1. The van der Waals surface area contributed by atoms with E-state index in [4.69, 9.17) is 4.18 Å². The van der Waals surface area contributed by atoms with Crippen molar-refractivity contribution in [2.45, 2.75) is 38.2 Å². The standard InChI is InChI=1S/C11H13IN2OS2/c1-2-8-6-9-10(14(8)16)4-3-5-11(9,7-13)15-17-12/h6,16H,2-5H2,1H3. The summed E-state index contributed by atoms with van der Waals surface area (Å²) in [5.74, 6) is 0. The van der Waals surface area contributed by atoms with E-state index in [2.05, 4.69) is 53.1 Å². The quantitative estimate of drug-likeness (QED) is 0.492. The molecule has 1 aromatic rings. The third-order valence-electron chi connectivity index (χ3n) is 3.24. The summed E-state index contributed by atoms with van der Waals surface area (Å²) in [6.45, 7) is 2.09. The van der Waals surface area contributed by atoms with Gasteiger partial charge in [-0.1, -0.05) is 19.7 Å². The first-order valence-corrected chi connectivity index (χ1v) is 9.18. The van der Waals surface area contributed by atoms with Crippen LogP contribution < -0.4 is 0 Å². The van der Waals surface area contributed by atoms with Gasteiger partial charge in [-0.15, -0.1) is 0 Å². The number of nitrogens with zero attached hydrogens (tertiary/aromatic N) is 2. The van der Waals surface area contributed by atoms with Gasteiger partial charge in [-0.3, -0.25) is 8.16 Å². The topological polar surface area (TPSA) is 38.0 Å². The minimum absolute atomic E-state index is 0.757. The average molecular weight is 380 g/mol.